The van der Waals surface area contributed by atoms with E-state index in [2.05, 4.69) is 15.0 Å². The molecule has 4 aromatic rings. The molecule has 37 heavy (non-hydrogen) atoms. The van der Waals surface area contributed by atoms with Crippen molar-refractivity contribution in [3.05, 3.63) is 77.3 Å². The number of fused-ring (bicyclic) bond motifs is 1. The number of halogens is 1. The third kappa shape index (κ3) is 6.01. The van der Waals surface area contributed by atoms with Crippen LogP contribution in [0.15, 0.2) is 71.6 Å². The van der Waals surface area contributed by atoms with Crippen LogP contribution < -0.4 is 10.0 Å². The molecule has 1 heterocycles. The van der Waals surface area contributed by atoms with E-state index in [1.165, 1.54) is 23.5 Å². The monoisotopic (exact) mass is 541 g/mol. The van der Waals surface area contributed by atoms with E-state index in [-0.39, 0.29) is 15.8 Å². The third-order valence-electron chi connectivity index (χ3n) is 5.66. The maximum Gasteiger partial charge on any atom is 0.322 e. The normalized spacial score (nSPS) is 12.5. The van der Waals surface area contributed by atoms with Gasteiger partial charge in [0.25, 0.3) is 5.91 Å². The van der Waals surface area contributed by atoms with Crippen molar-refractivity contribution in [3.63, 3.8) is 0 Å². The number of nitrogens with zero attached hydrogens (tertiary/aromatic N) is 1. The minimum absolute atomic E-state index is 0.0403. The third-order valence-corrected chi connectivity index (χ3v) is 8.15. The summed E-state index contributed by atoms with van der Waals surface area (Å²) in [6.45, 7) is 2.65. The summed E-state index contributed by atoms with van der Waals surface area (Å²) >= 11 is 1.22. The topological polar surface area (TPSA) is 125 Å². The number of carbonyl (C=O) groups excluding carboxylic acids is 1. The molecule has 0 radical (unpaired) electrons. The predicted molar refractivity (Wildman–Crippen MR) is 141 cm³/mol. The maximum atomic E-state index is 12.9. The fraction of sp³-hybridized carbons (Fsp3) is 0.192. The minimum atomic E-state index is -4.01. The Morgan fingerprint density at radius 3 is 2.19 bits per heavy atom. The number of nitrogens with one attached hydrogen (secondary N) is 2. The zero-order valence-corrected chi connectivity index (χ0v) is 21.6. The molecule has 192 valence electrons. The van der Waals surface area contributed by atoms with E-state index < -0.39 is 34.6 Å². The molecule has 0 aliphatic carbocycles. The highest BCUT2D eigenvalue weighted by Gasteiger charge is 2.28. The van der Waals surface area contributed by atoms with E-state index in [1.807, 2.05) is 0 Å². The number of carbonyl (C=O) groups is 2. The molecule has 0 spiro atoms. The number of amides is 1. The number of carboxylic acids is 1. The second-order valence-corrected chi connectivity index (χ2v) is 11.4. The van der Waals surface area contributed by atoms with Crippen molar-refractivity contribution in [1.82, 2.24) is 9.71 Å². The van der Waals surface area contributed by atoms with Gasteiger partial charge in [0.15, 0.2) is 5.01 Å². The Labute approximate surface area is 217 Å². The van der Waals surface area contributed by atoms with Crippen LogP contribution in [0.4, 0.5) is 10.1 Å². The van der Waals surface area contributed by atoms with Crippen LogP contribution in [-0.4, -0.2) is 36.4 Å². The Hall–Kier alpha value is -3.67. The Morgan fingerprint density at radius 1 is 1.00 bits per heavy atom. The number of carboxylic acid groups (broad SMARTS) is 1. The zero-order valence-electron chi connectivity index (χ0n) is 19.9. The first-order valence-corrected chi connectivity index (χ1v) is 13.6. The van der Waals surface area contributed by atoms with Crippen LogP contribution in [0.3, 0.4) is 0 Å². The van der Waals surface area contributed by atoms with Gasteiger partial charge in [0.2, 0.25) is 10.0 Å². The number of rotatable bonds is 9. The molecular weight excluding hydrogens is 517 g/mol. The summed E-state index contributed by atoms with van der Waals surface area (Å²) in [5.41, 5.74) is 3.16. The lowest BCUT2D eigenvalue weighted by molar-refractivity contribution is -0.140. The van der Waals surface area contributed by atoms with Crippen molar-refractivity contribution < 1.29 is 27.5 Å². The van der Waals surface area contributed by atoms with Crippen molar-refractivity contribution in [3.8, 4) is 11.1 Å². The standard InChI is InChI=1S/C26H24FN3O5S2/c1-15(2)23(26(32)33)30-37(34,35)20-10-6-18(7-11-20)17-4-8-19(9-5-17)28-24(31)25-29-21-13-16(14-27)3-12-22(21)36-25/h3-13,15,23,30H,14H2,1-2H3,(H,28,31)(H,32,33)/t23-/m0/s1. The van der Waals surface area contributed by atoms with Gasteiger partial charge in [-0.3, -0.25) is 9.59 Å². The highest BCUT2D eigenvalue weighted by atomic mass is 32.2. The molecule has 0 bridgehead atoms. The SMILES string of the molecule is CC(C)[C@H](NS(=O)(=O)c1ccc(-c2ccc(NC(=O)c3nc4cc(CF)ccc4s3)cc2)cc1)C(=O)O. The van der Waals surface area contributed by atoms with E-state index in [9.17, 15) is 27.5 Å². The molecule has 0 aliphatic rings. The predicted octanol–water partition coefficient (Wildman–Crippen LogP) is 5.07. The highest BCUT2D eigenvalue weighted by molar-refractivity contribution is 7.89. The van der Waals surface area contributed by atoms with Crippen LogP contribution in [0, 0.1) is 5.92 Å². The lowest BCUT2D eigenvalue weighted by Gasteiger charge is -2.18. The van der Waals surface area contributed by atoms with E-state index in [0.29, 0.717) is 16.8 Å². The molecule has 11 heteroatoms. The summed E-state index contributed by atoms with van der Waals surface area (Å²) < 4.78 is 41.1. The Bertz CT molecular complexity index is 1550. The van der Waals surface area contributed by atoms with Crippen molar-refractivity contribution in [1.29, 1.82) is 0 Å². The maximum absolute atomic E-state index is 12.9. The number of aromatic nitrogens is 1. The lowest BCUT2D eigenvalue weighted by atomic mass is 10.1. The van der Waals surface area contributed by atoms with E-state index >= 15 is 0 Å². The van der Waals surface area contributed by atoms with Crippen molar-refractivity contribution in [2.24, 2.45) is 5.92 Å². The smallest absolute Gasteiger partial charge is 0.322 e. The molecular formula is C26H24FN3O5S2. The van der Waals surface area contributed by atoms with Crippen LogP contribution in [0.25, 0.3) is 21.3 Å². The largest absolute Gasteiger partial charge is 0.480 e. The Morgan fingerprint density at radius 2 is 1.62 bits per heavy atom. The van der Waals surface area contributed by atoms with E-state index in [0.717, 1.165) is 15.8 Å². The molecule has 0 fully saturated rings. The van der Waals surface area contributed by atoms with E-state index in [1.54, 1.807) is 68.4 Å². The second kappa shape index (κ2) is 10.8. The first-order valence-electron chi connectivity index (χ1n) is 11.3. The van der Waals surface area contributed by atoms with Gasteiger partial charge in [-0.05, 0) is 59.0 Å². The first-order chi connectivity index (χ1) is 17.6. The molecule has 3 N–H and O–H groups in total. The molecule has 1 atom stereocenters. The molecule has 3 aromatic carbocycles. The number of anilines is 1. The van der Waals surface area contributed by atoms with Crippen LogP contribution in [0.2, 0.25) is 0 Å². The molecule has 8 nitrogen and oxygen atoms in total. The molecule has 0 unspecified atom stereocenters. The first kappa shape index (κ1) is 26.4. The summed E-state index contributed by atoms with van der Waals surface area (Å²) in [5.74, 6) is -2.04. The Kier molecular flexibility index (Phi) is 7.67. The van der Waals surface area contributed by atoms with E-state index in [4.69, 9.17) is 0 Å². The van der Waals surface area contributed by atoms with Gasteiger partial charge < -0.3 is 10.4 Å². The quantitative estimate of drug-likeness (QED) is 0.272. The average Bonchev–Trinajstić information content (AvgIpc) is 3.31. The number of benzene rings is 3. The summed E-state index contributed by atoms with van der Waals surface area (Å²) in [4.78, 5) is 28.3. The van der Waals surface area contributed by atoms with Gasteiger partial charge in [-0.1, -0.05) is 44.2 Å². The molecule has 0 saturated carbocycles. The van der Waals surface area contributed by atoms with Gasteiger partial charge in [0.05, 0.1) is 15.1 Å². The number of sulfonamides is 1. The molecule has 0 saturated heterocycles. The summed E-state index contributed by atoms with van der Waals surface area (Å²) in [7, 11) is -4.01. The molecule has 1 amide bonds. The van der Waals surface area contributed by atoms with Gasteiger partial charge in [-0.25, -0.2) is 17.8 Å². The number of aliphatic carboxylic acids is 1. The van der Waals surface area contributed by atoms with Gasteiger partial charge in [0.1, 0.15) is 12.7 Å². The average molecular weight is 542 g/mol. The Balaban J connectivity index is 1.45. The van der Waals surface area contributed by atoms with Gasteiger partial charge in [-0.2, -0.15) is 4.72 Å². The van der Waals surface area contributed by atoms with Crippen molar-refractivity contribution in [2.75, 3.05) is 5.32 Å². The van der Waals surface area contributed by atoms with Crippen molar-refractivity contribution in [2.45, 2.75) is 31.5 Å². The van der Waals surface area contributed by atoms with Crippen LogP contribution in [0.1, 0.15) is 29.2 Å². The van der Waals surface area contributed by atoms with Crippen LogP contribution >= 0.6 is 11.3 Å². The van der Waals surface area contributed by atoms with Crippen LogP contribution in [-0.2, 0) is 21.5 Å². The summed E-state index contributed by atoms with van der Waals surface area (Å²) in [5, 5.41) is 12.3. The molecule has 1 aromatic heterocycles. The summed E-state index contributed by atoms with van der Waals surface area (Å²) in [6, 6.07) is 16.9. The fourth-order valence-electron chi connectivity index (χ4n) is 3.62. The number of hydrogen-bond acceptors (Lipinski definition) is 6. The van der Waals surface area contributed by atoms with Crippen LogP contribution in [0.5, 0.6) is 0 Å². The number of thiazole rings is 1. The zero-order chi connectivity index (χ0) is 26.7. The highest BCUT2D eigenvalue weighted by Crippen LogP contribution is 2.26. The number of alkyl halides is 1. The molecule has 0 aliphatic heterocycles. The molecule has 4 rings (SSSR count). The number of hydrogen-bond donors (Lipinski definition) is 3. The lowest BCUT2D eigenvalue weighted by Crippen LogP contribution is -2.44. The van der Waals surface area contributed by atoms with Gasteiger partial charge >= 0.3 is 5.97 Å². The second-order valence-electron chi connectivity index (χ2n) is 8.69. The summed E-state index contributed by atoms with van der Waals surface area (Å²) in [6.07, 6.45) is 0. The fourth-order valence-corrected chi connectivity index (χ4v) is 5.80. The van der Waals surface area contributed by atoms with Gasteiger partial charge in [-0.15, -0.1) is 11.3 Å². The minimum Gasteiger partial charge on any atom is -0.480 e. The van der Waals surface area contributed by atoms with Gasteiger partial charge in [0, 0.05) is 5.69 Å². The van der Waals surface area contributed by atoms with Crippen molar-refractivity contribution >= 4 is 49.1 Å².